The number of piperidine rings is 1. The van der Waals surface area contributed by atoms with Crippen LogP contribution in [0.2, 0.25) is 0 Å². The molecule has 36 heavy (non-hydrogen) atoms. The molecule has 0 bridgehead atoms. The van der Waals surface area contributed by atoms with Gasteiger partial charge in [0.25, 0.3) is 5.91 Å². The van der Waals surface area contributed by atoms with Crippen molar-refractivity contribution in [3.8, 4) is 0 Å². The molecule has 0 saturated carbocycles. The molecule has 1 atom stereocenters. The molecule has 2 N–H and O–H groups in total. The lowest BCUT2D eigenvalue weighted by Gasteiger charge is -2.42. The monoisotopic (exact) mass is 606 g/mol. The smallest absolute Gasteiger partial charge is 0.319 e. The van der Waals surface area contributed by atoms with E-state index in [-0.39, 0.29) is 17.9 Å². The van der Waals surface area contributed by atoms with Gasteiger partial charge in [-0.05, 0) is 42.9 Å². The number of amides is 4. The molecule has 0 spiro atoms. The number of aryl methyl sites for hydroxylation is 1. The number of alkyl halides is 1. The highest BCUT2D eigenvalue weighted by Gasteiger charge is 2.39. The van der Waals surface area contributed by atoms with E-state index in [1.54, 1.807) is 6.33 Å². The van der Waals surface area contributed by atoms with Crippen molar-refractivity contribution >= 4 is 46.1 Å². The maximum Gasteiger partial charge on any atom is 0.319 e. The zero-order valence-corrected chi connectivity index (χ0v) is 23.5. The number of aromatic nitrogens is 2. The standard InChI is InChI=1S/C26H35IN6O3/c1-17-21-23(34)33(14-13-32(21)16-28-17)20-9-11-31(12-10-20)24(35)22(26(2,3)4)30-25(36)29-19-7-5-18(15-27)6-8-19/h5-8,16,20,22H,9-15H2,1-4H3,(H2,29,30,36)/t22-/m0/s1. The van der Waals surface area contributed by atoms with Crippen molar-refractivity contribution < 1.29 is 14.4 Å². The first-order valence-corrected chi connectivity index (χ1v) is 13.9. The van der Waals surface area contributed by atoms with Crippen LogP contribution in [0.5, 0.6) is 0 Å². The number of imidazole rings is 1. The number of rotatable bonds is 5. The summed E-state index contributed by atoms with van der Waals surface area (Å²) in [4.78, 5) is 47.4. The summed E-state index contributed by atoms with van der Waals surface area (Å²) in [5.41, 5.74) is 2.83. The molecular weight excluding hydrogens is 571 g/mol. The molecular formula is C26H35IN6O3. The van der Waals surface area contributed by atoms with Crippen molar-refractivity contribution in [2.75, 3.05) is 25.0 Å². The van der Waals surface area contributed by atoms with Crippen LogP contribution in [-0.4, -0.2) is 68.9 Å². The number of hydrogen-bond acceptors (Lipinski definition) is 4. The molecule has 1 fully saturated rings. The fourth-order valence-electron chi connectivity index (χ4n) is 4.94. The number of nitrogens with zero attached hydrogens (tertiary/aromatic N) is 4. The lowest BCUT2D eigenvalue weighted by atomic mass is 9.85. The number of benzene rings is 1. The average molecular weight is 607 g/mol. The predicted octanol–water partition coefficient (Wildman–Crippen LogP) is 3.81. The number of carbonyl (C=O) groups excluding carboxylic acids is 3. The molecule has 1 aromatic heterocycles. The molecule has 0 unspecified atom stereocenters. The molecule has 4 amide bonds. The fraction of sp³-hybridized carbons (Fsp3) is 0.538. The van der Waals surface area contributed by atoms with Gasteiger partial charge in [0.1, 0.15) is 11.7 Å². The van der Waals surface area contributed by atoms with Crippen LogP contribution in [0, 0.1) is 12.3 Å². The molecule has 9 nitrogen and oxygen atoms in total. The van der Waals surface area contributed by atoms with Gasteiger partial charge in [-0.2, -0.15) is 0 Å². The average Bonchev–Trinajstić information content (AvgIpc) is 3.24. The van der Waals surface area contributed by atoms with Crippen LogP contribution in [0.4, 0.5) is 10.5 Å². The molecule has 2 aliphatic heterocycles. The topological polar surface area (TPSA) is 99.6 Å². The van der Waals surface area contributed by atoms with Crippen LogP contribution in [0.3, 0.4) is 0 Å². The molecule has 3 heterocycles. The van der Waals surface area contributed by atoms with E-state index >= 15 is 0 Å². The van der Waals surface area contributed by atoms with Crippen LogP contribution in [0.25, 0.3) is 0 Å². The Morgan fingerprint density at radius 2 is 1.78 bits per heavy atom. The highest BCUT2D eigenvalue weighted by atomic mass is 127. The minimum Gasteiger partial charge on any atom is -0.341 e. The first-order valence-electron chi connectivity index (χ1n) is 12.4. The maximum absolute atomic E-state index is 13.5. The number of anilines is 1. The maximum atomic E-state index is 13.5. The van der Waals surface area contributed by atoms with Crippen molar-refractivity contribution in [1.29, 1.82) is 0 Å². The van der Waals surface area contributed by atoms with Gasteiger partial charge < -0.3 is 25.0 Å². The SMILES string of the molecule is Cc1ncn2c1C(=O)N(C1CCN(C(=O)[C@H](NC(=O)Nc3ccc(CI)cc3)C(C)(C)C)CC1)CC2. The van der Waals surface area contributed by atoms with Gasteiger partial charge in [0.05, 0.1) is 12.0 Å². The Morgan fingerprint density at radius 3 is 2.39 bits per heavy atom. The third-order valence-corrected chi connectivity index (χ3v) is 7.92. The zero-order chi connectivity index (χ0) is 26.0. The van der Waals surface area contributed by atoms with E-state index in [0.717, 1.165) is 29.5 Å². The van der Waals surface area contributed by atoms with Gasteiger partial charge in [-0.3, -0.25) is 9.59 Å². The van der Waals surface area contributed by atoms with Gasteiger partial charge in [-0.15, -0.1) is 0 Å². The Hall–Kier alpha value is -2.63. The number of likely N-dealkylation sites (tertiary alicyclic amines) is 1. The number of nitrogens with one attached hydrogen (secondary N) is 2. The summed E-state index contributed by atoms with van der Waals surface area (Å²) in [6, 6.07) is 6.70. The molecule has 2 aliphatic rings. The van der Waals surface area contributed by atoms with Crippen LogP contribution in [-0.2, 0) is 15.8 Å². The van der Waals surface area contributed by atoms with Crippen molar-refractivity contribution in [2.45, 2.75) is 63.6 Å². The van der Waals surface area contributed by atoms with Gasteiger partial charge in [0.2, 0.25) is 5.91 Å². The molecule has 2 aromatic rings. The summed E-state index contributed by atoms with van der Waals surface area (Å²) < 4.78 is 2.83. The summed E-state index contributed by atoms with van der Waals surface area (Å²) >= 11 is 2.29. The Kier molecular flexibility index (Phi) is 7.91. The van der Waals surface area contributed by atoms with Crippen LogP contribution >= 0.6 is 22.6 Å². The van der Waals surface area contributed by atoms with Crippen molar-refractivity contribution in [2.24, 2.45) is 5.41 Å². The van der Waals surface area contributed by atoms with E-state index in [0.29, 0.717) is 31.0 Å². The molecule has 0 radical (unpaired) electrons. The number of fused-ring (bicyclic) bond motifs is 1. The van der Waals surface area contributed by atoms with Crippen molar-refractivity contribution in [1.82, 2.24) is 24.7 Å². The van der Waals surface area contributed by atoms with E-state index < -0.39 is 17.5 Å². The van der Waals surface area contributed by atoms with E-state index in [1.165, 1.54) is 5.56 Å². The Bertz CT molecular complexity index is 1120. The van der Waals surface area contributed by atoms with Crippen LogP contribution in [0.1, 0.15) is 55.4 Å². The first kappa shape index (κ1) is 26.4. The highest BCUT2D eigenvalue weighted by Crippen LogP contribution is 2.26. The van der Waals surface area contributed by atoms with Crippen LogP contribution < -0.4 is 10.6 Å². The third-order valence-electron chi connectivity index (χ3n) is 7.04. The Morgan fingerprint density at radius 1 is 1.11 bits per heavy atom. The lowest BCUT2D eigenvalue weighted by Crippen LogP contribution is -2.58. The molecule has 0 aliphatic carbocycles. The summed E-state index contributed by atoms with van der Waals surface area (Å²) in [6.45, 7) is 10.2. The van der Waals surface area contributed by atoms with Gasteiger partial charge >= 0.3 is 6.03 Å². The van der Waals surface area contributed by atoms with E-state index in [2.05, 4.69) is 38.2 Å². The van der Waals surface area contributed by atoms with Gasteiger partial charge in [-0.1, -0.05) is 55.5 Å². The van der Waals surface area contributed by atoms with E-state index in [4.69, 9.17) is 0 Å². The number of urea groups is 1. The second kappa shape index (κ2) is 10.8. The molecule has 1 saturated heterocycles. The Balaban J connectivity index is 1.36. The predicted molar refractivity (Wildman–Crippen MR) is 147 cm³/mol. The summed E-state index contributed by atoms with van der Waals surface area (Å²) in [5, 5.41) is 5.75. The normalized spacial score (nSPS) is 17.5. The first-order chi connectivity index (χ1) is 17.1. The number of carbonyl (C=O) groups is 3. The van der Waals surface area contributed by atoms with Gasteiger partial charge in [0, 0.05) is 42.3 Å². The summed E-state index contributed by atoms with van der Waals surface area (Å²) in [7, 11) is 0. The zero-order valence-electron chi connectivity index (χ0n) is 21.4. The van der Waals surface area contributed by atoms with Gasteiger partial charge in [-0.25, -0.2) is 9.78 Å². The minimum absolute atomic E-state index is 0.0263. The highest BCUT2D eigenvalue weighted by molar-refractivity contribution is 14.1. The Labute approximate surface area is 226 Å². The quantitative estimate of drug-likeness (QED) is 0.400. The number of hydrogen-bond donors (Lipinski definition) is 2. The summed E-state index contributed by atoms with van der Waals surface area (Å²) in [5.74, 6) is -0.0614. The third kappa shape index (κ3) is 5.68. The van der Waals surface area contributed by atoms with E-state index in [9.17, 15) is 14.4 Å². The van der Waals surface area contributed by atoms with Crippen molar-refractivity contribution in [3.63, 3.8) is 0 Å². The van der Waals surface area contributed by atoms with Gasteiger partial charge in [0.15, 0.2) is 0 Å². The molecule has 1 aromatic carbocycles. The minimum atomic E-state index is -0.670. The van der Waals surface area contributed by atoms with Crippen LogP contribution in [0.15, 0.2) is 30.6 Å². The molecule has 194 valence electrons. The van der Waals surface area contributed by atoms with Crippen molar-refractivity contribution in [3.05, 3.63) is 47.5 Å². The largest absolute Gasteiger partial charge is 0.341 e. The molecule has 4 rings (SSSR count). The molecule has 10 heteroatoms. The second-order valence-electron chi connectivity index (χ2n) is 10.7. The fourth-order valence-corrected chi connectivity index (χ4v) is 5.44. The summed E-state index contributed by atoms with van der Waals surface area (Å²) in [6.07, 6.45) is 3.17. The number of halogens is 1. The lowest BCUT2D eigenvalue weighted by molar-refractivity contribution is -0.137. The second-order valence-corrected chi connectivity index (χ2v) is 11.4. The van der Waals surface area contributed by atoms with E-state index in [1.807, 2.05) is 66.3 Å².